The molecule has 112 valence electrons. The first-order valence-electron chi connectivity index (χ1n) is 6.12. The van der Waals surface area contributed by atoms with E-state index in [1.807, 2.05) is 13.8 Å². The highest BCUT2D eigenvalue weighted by Gasteiger charge is 2.34. The number of anilines is 1. The molecule has 0 spiro atoms. The Morgan fingerprint density at radius 1 is 1.45 bits per heavy atom. The summed E-state index contributed by atoms with van der Waals surface area (Å²) in [5, 5.41) is 0. The molecule has 1 aromatic rings. The smallest absolute Gasteiger partial charge is 0.247 e. The lowest BCUT2D eigenvalue weighted by Crippen LogP contribution is -2.48. The average Bonchev–Trinajstić information content (AvgIpc) is 2.37. The molecule has 0 aliphatic carbocycles. The minimum atomic E-state index is -3.67. The van der Waals surface area contributed by atoms with Gasteiger partial charge in [0.05, 0.1) is 12.2 Å². The van der Waals surface area contributed by atoms with E-state index in [0.29, 0.717) is 17.6 Å². The van der Waals surface area contributed by atoms with Crippen LogP contribution in [0.15, 0.2) is 21.6 Å². The molecule has 2 unspecified atom stereocenters. The number of ether oxygens (including phenoxy) is 1. The normalized spacial score (nSPS) is 24.6. The first kappa shape index (κ1) is 15.6. The van der Waals surface area contributed by atoms with Crippen LogP contribution >= 0.6 is 15.9 Å². The molecule has 0 amide bonds. The number of rotatable bonds is 3. The lowest BCUT2D eigenvalue weighted by molar-refractivity contribution is -0.0440. The van der Waals surface area contributed by atoms with Crippen molar-refractivity contribution in [1.29, 1.82) is 0 Å². The fourth-order valence-corrected chi connectivity index (χ4v) is 4.40. The van der Waals surface area contributed by atoms with Crippen LogP contribution in [0.5, 0.6) is 0 Å². The van der Waals surface area contributed by atoms with Crippen LogP contribution in [0, 0.1) is 0 Å². The van der Waals surface area contributed by atoms with Crippen LogP contribution < -0.4 is 11.3 Å². The first-order valence-corrected chi connectivity index (χ1v) is 8.35. The number of hydrazine groups is 1. The van der Waals surface area contributed by atoms with E-state index < -0.39 is 10.0 Å². The van der Waals surface area contributed by atoms with Gasteiger partial charge >= 0.3 is 0 Å². The van der Waals surface area contributed by atoms with Gasteiger partial charge in [0, 0.05) is 23.8 Å². The minimum absolute atomic E-state index is 0.0516. The molecule has 2 rings (SSSR count). The summed E-state index contributed by atoms with van der Waals surface area (Å²) < 4.78 is 33.0. The largest absolute Gasteiger partial charge is 0.373 e. The Hall–Kier alpha value is -0.740. The fraction of sp³-hybridized carbons (Fsp3) is 0.545. The summed E-state index contributed by atoms with van der Waals surface area (Å²) in [7, 11) is -3.67. The molecule has 7 nitrogen and oxygen atoms in total. The van der Waals surface area contributed by atoms with Gasteiger partial charge in [-0.15, -0.1) is 0 Å². The Labute approximate surface area is 126 Å². The quantitative estimate of drug-likeness (QED) is 0.611. The van der Waals surface area contributed by atoms with E-state index in [1.54, 1.807) is 0 Å². The summed E-state index contributed by atoms with van der Waals surface area (Å²) in [6.07, 6.45) is 1.18. The monoisotopic (exact) mass is 364 g/mol. The summed E-state index contributed by atoms with van der Waals surface area (Å²) >= 11 is 3.23. The van der Waals surface area contributed by atoms with Gasteiger partial charge in [0.1, 0.15) is 4.90 Å². The lowest BCUT2D eigenvalue weighted by Gasteiger charge is -2.34. The summed E-state index contributed by atoms with van der Waals surface area (Å²) in [5.41, 5.74) is 2.32. The molecule has 9 heteroatoms. The van der Waals surface area contributed by atoms with Crippen molar-refractivity contribution in [2.45, 2.75) is 31.0 Å². The van der Waals surface area contributed by atoms with Crippen molar-refractivity contribution >= 4 is 31.8 Å². The van der Waals surface area contributed by atoms with Crippen LogP contribution in [0.4, 0.5) is 5.82 Å². The zero-order chi connectivity index (χ0) is 14.9. The Bertz CT molecular complexity index is 585. The molecule has 1 aromatic heterocycles. The minimum Gasteiger partial charge on any atom is -0.373 e. The number of halogens is 1. The highest BCUT2D eigenvalue weighted by atomic mass is 79.9. The number of hydrogen-bond acceptors (Lipinski definition) is 6. The van der Waals surface area contributed by atoms with E-state index >= 15 is 0 Å². The molecule has 2 heterocycles. The summed E-state index contributed by atoms with van der Waals surface area (Å²) in [6.45, 7) is 4.31. The summed E-state index contributed by atoms with van der Waals surface area (Å²) in [6, 6.07) is 1.49. The molecule has 1 aliphatic heterocycles. The maximum Gasteiger partial charge on any atom is 0.247 e. The van der Waals surface area contributed by atoms with Crippen LogP contribution in [-0.4, -0.2) is 43.0 Å². The summed E-state index contributed by atoms with van der Waals surface area (Å²) in [4.78, 5) is 4.03. The van der Waals surface area contributed by atoms with Crippen molar-refractivity contribution < 1.29 is 13.2 Å². The Morgan fingerprint density at radius 2 is 2.05 bits per heavy atom. The van der Waals surface area contributed by atoms with Gasteiger partial charge in [-0.1, -0.05) is 0 Å². The van der Waals surface area contributed by atoms with E-state index in [1.165, 1.54) is 16.6 Å². The maximum absolute atomic E-state index is 12.7. The fourth-order valence-electron chi connectivity index (χ4n) is 2.19. The third-order valence-corrected chi connectivity index (χ3v) is 5.24. The van der Waals surface area contributed by atoms with Crippen LogP contribution in [0.2, 0.25) is 0 Å². The standard InChI is InChI=1S/C11H17BrN4O3S/c1-7-5-16(6-8(2)19-7)20(17,18)10-3-9(12)4-14-11(10)15-13/h3-4,7-8H,5-6,13H2,1-2H3,(H,14,15). The van der Waals surface area contributed by atoms with E-state index in [2.05, 4.69) is 26.3 Å². The van der Waals surface area contributed by atoms with Gasteiger partial charge in [-0.05, 0) is 35.8 Å². The molecule has 1 fully saturated rings. The topological polar surface area (TPSA) is 97.6 Å². The Balaban J connectivity index is 2.42. The van der Waals surface area contributed by atoms with Crippen molar-refractivity contribution in [2.24, 2.45) is 5.84 Å². The third-order valence-electron chi connectivity index (χ3n) is 2.96. The second-order valence-corrected chi connectivity index (χ2v) is 7.55. The van der Waals surface area contributed by atoms with Crippen molar-refractivity contribution in [1.82, 2.24) is 9.29 Å². The lowest BCUT2D eigenvalue weighted by atomic mass is 10.3. The zero-order valence-corrected chi connectivity index (χ0v) is 13.6. The molecule has 1 aliphatic rings. The van der Waals surface area contributed by atoms with E-state index in [0.717, 1.165) is 0 Å². The van der Waals surface area contributed by atoms with Crippen LogP contribution in [0.25, 0.3) is 0 Å². The van der Waals surface area contributed by atoms with E-state index in [9.17, 15) is 8.42 Å². The number of pyridine rings is 1. The molecule has 0 bridgehead atoms. The maximum atomic E-state index is 12.7. The predicted octanol–water partition coefficient (Wildman–Crippen LogP) is 0.928. The summed E-state index contributed by atoms with van der Waals surface area (Å²) in [5.74, 6) is 5.47. The predicted molar refractivity (Wildman–Crippen MR) is 78.5 cm³/mol. The van der Waals surface area contributed by atoms with Crippen molar-refractivity contribution in [2.75, 3.05) is 18.5 Å². The van der Waals surface area contributed by atoms with E-state index in [-0.39, 0.29) is 22.9 Å². The molecule has 20 heavy (non-hydrogen) atoms. The Kier molecular flexibility index (Phi) is 4.65. The van der Waals surface area contributed by atoms with Crippen LogP contribution in [-0.2, 0) is 14.8 Å². The molecular weight excluding hydrogens is 348 g/mol. The molecule has 0 radical (unpaired) electrons. The van der Waals surface area contributed by atoms with Crippen molar-refractivity contribution in [3.8, 4) is 0 Å². The molecule has 3 N–H and O–H groups in total. The number of nitrogens with two attached hydrogens (primary N) is 1. The Morgan fingerprint density at radius 3 is 2.60 bits per heavy atom. The number of hydrogen-bond donors (Lipinski definition) is 2. The number of aromatic nitrogens is 1. The number of nitrogen functional groups attached to an aromatic ring is 1. The van der Waals surface area contributed by atoms with Gasteiger partial charge in [0.2, 0.25) is 10.0 Å². The third kappa shape index (κ3) is 3.12. The molecule has 1 saturated heterocycles. The SMILES string of the molecule is CC1CN(S(=O)(=O)c2cc(Br)cnc2NN)CC(C)O1. The second-order valence-electron chi connectivity index (χ2n) is 4.72. The van der Waals surface area contributed by atoms with Crippen LogP contribution in [0.1, 0.15) is 13.8 Å². The molecular formula is C11H17BrN4O3S. The number of morpholine rings is 1. The van der Waals surface area contributed by atoms with Crippen molar-refractivity contribution in [3.63, 3.8) is 0 Å². The number of nitrogens with zero attached hydrogens (tertiary/aromatic N) is 2. The highest BCUT2D eigenvalue weighted by Crippen LogP contribution is 2.27. The first-order chi connectivity index (χ1) is 9.34. The molecule has 2 atom stereocenters. The van der Waals surface area contributed by atoms with Crippen LogP contribution in [0.3, 0.4) is 0 Å². The van der Waals surface area contributed by atoms with Gasteiger partial charge in [-0.25, -0.2) is 19.2 Å². The van der Waals surface area contributed by atoms with Gasteiger partial charge in [0.15, 0.2) is 5.82 Å². The van der Waals surface area contributed by atoms with Gasteiger partial charge in [-0.3, -0.25) is 0 Å². The molecule has 0 aromatic carbocycles. The zero-order valence-electron chi connectivity index (χ0n) is 11.2. The van der Waals surface area contributed by atoms with Crippen molar-refractivity contribution in [3.05, 3.63) is 16.7 Å². The van der Waals surface area contributed by atoms with Gasteiger partial charge in [-0.2, -0.15) is 4.31 Å². The van der Waals surface area contributed by atoms with Gasteiger partial charge < -0.3 is 10.2 Å². The second kappa shape index (κ2) is 5.94. The highest BCUT2D eigenvalue weighted by molar-refractivity contribution is 9.10. The number of sulfonamides is 1. The van der Waals surface area contributed by atoms with Gasteiger partial charge in [0.25, 0.3) is 0 Å². The van der Waals surface area contributed by atoms with E-state index in [4.69, 9.17) is 10.6 Å². The molecule has 0 saturated carbocycles. The average molecular weight is 365 g/mol. The number of nitrogens with one attached hydrogen (secondary N) is 1.